The van der Waals surface area contributed by atoms with Gasteiger partial charge < -0.3 is 14.8 Å². The molecule has 0 radical (unpaired) electrons. The van der Waals surface area contributed by atoms with Gasteiger partial charge in [-0.15, -0.1) is 0 Å². The molecule has 0 heterocycles. The largest absolute Gasteiger partial charge is 0.497 e. The van der Waals surface area contributed by atoms with Gasteiger partial charge >= 0.3 is 5.97 Å². The van der Waals surface area contributed by atoms with Crippen LogP contribution in [0, 0.1) is 0 Å². The number of methoxy groups -OCH3 is 1. The third kappa shape index (κ3) is 4.32. The second kappa shape index (κ2) is 7.78. The van der Waals surface area contributed by atoms with E-state index in [0.29, 0.717) is 33.6 Å². The highest BCUT2D eigenvalue weighted by molar-refractivity contribution is 9.10. The number of carbonyl (C=O) groups excluding carboxylic acids is 2. The van der Waals surface area contributed by atoms with Gasteiger partial charge in [0.05, 0.1) is 24.8 Å². The number of carbonyl (C=O) groups is 2. The molecular formula is C17H16BrNO4. The predicted octanol–water partition coefficient (Wildman–Crippen LogP) is 3.89. The average molecular weight is 378 g/mol. The maximum Gasteiger partial charge on any atom is 0.338 e. The SMILES string of the molecule is CCOC(=O)c1ccc(NC(=O)c2cc(OC)ccc2Br)cc1. The topological polar surface area (TPSA) is 64.6 Å². The summed E-state index contributed by atoms with van der Waals surface area (Å²) in [5, 5.41) is 2.77. The molecule has 6 heteroatoms. The zero-order chi connectivity index (χ0) is 16.8. The minimum Gasteiger partial charge on any atom is -0.497 e. The van der Waals surface area contributed by atoms with E-state index in [1.165, 1.54) is 0 Å². The van der Waals surface area contributed by atoms with Crippen molar-refractivity contribution in [3.05, 3.63) is 58.1 Å². The third-order valence-corrected chi connectivity index (χ3v) is 3.76. The number of ether oxygens (including phenoxy) is 2. The van der Waals surface area contributed by atoms with E-state index in [1.807, 2.05) is 0 Å². The van der Waals surface area contributed by atoms with Crippen molar-refractivity contribution in [1.29, 1.82) is 0 Å². The van der Waals surface area contributed by atoms with Crippen LogP contribution in [0.25, 0.3) is 0 Å². The Kier molecular flexibility index (Phi) is 5.76. The Hall–Kier alpha value is -2.34. The summed E-state index contributed by atoms with van der Waals surface area (Å²) >= 11 is 3.34. The van der Waals surface area contributed by atoms with Gasteiger partial charge in [-0.25, -0.2) is 4.79 Å². The summed E-state index contributed by atoms with van der Waals surface area (Å²) in [5.74, 6) is -0.0726. The highest BCUT2D eigenvalue weighted by Gasteiger charge is 2.12. The Morgan fingerprint density at radius 3 is 2.43 bits per heavy atom. The zero-order valence-electron chi connectivity index (χ0n) is 12.8. The van der Waals surface area contributed by atoms with E-state index in [0.717, 1.165) is 0 Å². The Morgan fingerprint density at radius 2 is 1.83 bits per heavy atom. The van der Waals surface area contributed by atoms with Crippen LogP contribution in [0.4, 0.5) is 5.69 Å². The molecule has 0 aromatic heterocycles. The molecule has 0 atom stereocenters. The number of benzene rings is 2. The summed E-state index contributed by atoms with van der Waals surface area (Å²) in [6, 6.07) is 11.7. The monoisotopic (exact) mass is 377 g/mol. The molecule has 23 heavy (non-hydrogen) atoms. The summed E-state index contributed by atoms with van der Waals surface area (Å²) in [4.78, 5) is 23.9. The lowest BCUT2D eigenvalue weighted by atomic mass is 10.1. The molecule has 0 spiro atoms. The quantitative estimate of drug-likeness (QED) is 0.802. The molecule has 0 unspecified atom stereocenters. The molecule has 2 aromatic rings. The molecule has 2 aromatic carbocycles. The van der Waals surface area contributed by atoms with Crippen molar-refractivity contribution >= 4 is 33.5 Å². The Labute approximate surface area is 142 Å². The van der Waals surface area contributed by atoms with Gasteiger partial charge in [-0.1, -0.05) is 0 Å². The van der Waals surface area contributed by atoms with Crippen LogP contribution in [0.15, 0.2) is 46.9 Å². The van der Waals surface area contributed by atoms with E-state index in [2.05, 4.69) is 21.2 Å². The lowest BCUT2D eigenvalue weighted by Gasteiger charge is -2.09. The molecule has 0 aliphatic rings. The second-order valence-corrected chi connectivity index (χ2v) is 5.45. The fourth-order valence-corrected chi connectivity index (χ4v) is 2.33. The van der Waals surface area contributed by atoms with Crippen LogP contribution in [-0.2, 0) is 4.74 Å². The van der Waals surface area contributed by atoms with E-state index in [1.54, 1.807) is 56.5 Å². The van der Waals surface area contributed by atoms with Gasteiger partial charge in [0.1, 0.15) is 5.75 Å². The lowest BCUT2D eigenvalue weighted by Crippen LogP contribution is -2.13. The maximum atomic E-state index is 12.3. The third-order valence-electron chi connectivity index (χ3n) is 3.07. The van der Waals surface area contributed by atoms with Crippen LogP contribution < -0.4 is 10.1 Å². The first-order valence-corrected chi connectivity index (χ1v) is 7.76. The fraction of sp³-hybridized carbons (Fsp3) is 0.176. The van der Waals surface area contributed by atoms with E-state index >= 15 is 0 Å². The van der Waals surface area contributed by atoms with Crippen LogP contribution in [0.2, 0.25) is 0 Å². The average Bonchev–Trinajstić information content (AvgIpc) is 2.56. The smallest absolute Gasteiger partial charge is 0.338 e. The molecule has 0 fully saturated rings. The molecule has 1 amide bonds. The molecule has 0 aliphatic heterocycles. The highest BCUT2D eigenvalue weighted by atomic mass is 79.9. The highest BCUT2D eigenvalue weighted by Crippen LogP contribution is 2.23. The van der Waals surface area contributed by atoms with Crippen molar-refractivity contribution in [3.8, 4) is 5.75 Å². The second-order valence-electron chi connectivity index (χ2n) is 4.60. The van der Waals surface area contributed by atoms with E-state index in [9.17, 15) is 9.59 Å². The Bertz CT molecular complexity index is 713. The standard InChI is InChI=1S/C17H16BrNO4/c1-3-23-17(21)11-4-6-12(7-5-11)19-16(20)14-10-13(22-2)8-9-15(14)18/h4-10H,3H2,1-2H3,(H,19,20). The van der Waals surface area contributed by atoms with Crippen LogP contribution in [-0.4, -0.2) is 25.6 Å². The zero-order valence-corrected chi connectivity index (χ0v) is 14.3. The van der Waals surface area contributed by atoms with Crippen LogP contribution >= 0.6 is 15.9 Å². The molecule has 2 rings (SSSR count). The predicted molar refractivity (Wildman–Crippen MR) is 91.0 cm³/mol. The molecule has 1 N–H and O–H groups in total. The summed E-state index contributed by atoms with van der Waals surface area (Å²) in [6.45, 7) is 2.07. The molecule has 0 saturated carbocycles. The number of amides is 1. The number of rotatable bonds is 5. The fourth-order valence-electron chi connectivity index (χ4n) is 1.91. The van der Waals surface area contributed by atoms with Crippen molar-refractivity contribution < 1.29 is 19.1 Å². The Morgan fingerprint density at radius 1 is 1.13 bits per heavy atom. The molecular weight excluding hydrogens is 362 g/mol. The van der Waals surface area contributed by atoms with Crippen molar-refractivity contribution in [1.82, 2.24) is 0 Å². The number of anilines is 1. The summed E-state index contributed by atoms with van der Waals surface area (Å²) in [6.07, 6.45) is 0. The van der Waals surface area contributed by atoms with Gasteiger partial charge in [0.2, 0.25) is 0 Å². The van der Waals surface area contributed by atoms with Gasteiger partial charge in [-0.05, 0) is 65.3 Å². The number of hydrogen-bond donors (Lipinski definition) is 1. The molecule has 5 nitrogen and oxygen atoms in total. The number of esters is 1. The summed E-state index contributed by atoms with van der Waals surface area (Å²) in [7, 11) is 1.54. The van der Waals surface area contributed by atoms with Gasteiger partial charge in [-0.3, -0.25) is 4.79 Å². The molecule has 0 bridgehead atoms. The summed E-state index contributed by atoms with van der Waals surface area (Å²) < 4.78 is 10.7. The first kappa shape index (κ1) is 17.0. The van der Waals surface area contributed by atoms with E-state index in [4.69, 9.17) is 9.47 Å². The normalized spacial score (nSPS) is 10.0. The van der Waals surface area contributed by atoms with Crippen LogP contribution in [0.3, 0.4) is 0 Å². The number of hydrogen-bond acceptors (Lipinski definition) is 4. The van der Waals surface area contributed by atoms with Gasteiger partial charge in [0.25, 0.3) is 5.91 Å². The van der Waals surface area contributed by atoms with Crippen molar-refractivity contribution in [2.24, 2.45) is 0 Å². The Balaban J connectivity index is 2.13. The first-order chi connectivity index (χ1) is 11.0. The van der Waals surface area contributed by atoms with Crippen molar-refractivity contribution in [2.75, 3.05) is 19.0 Å². The van der Waals surface area contributed by atoms with Gasteiger partial charge in [0.15, 0.2) is 0 Å². The lowest BCUT2D eigenvalue weighted by molar-refractivity contribution is 0.0526. The molecule has 0 saturated heterocycles. The molecule has 0 aliphatic carbocycles. The minimum absolute atomic E-state index is 0.278. The molecule has 120 valence electrons. The van der Waals surface area contributed by atoms with Crippen LogP contribution in [0.1, 0.15) is 27.6 Å². The first-order valence-electron chi connectivity index (χ1n) is 6.97. The number of halogens is 1. The van der Waals surface area contributed by atoms with Gasteiger partial charge in [-0.2, -0.15) is 0 Å². The number of nitrogens with one attached hydrogen (secondary N) is 1. The van der Waals surface area contributed by atoms with Gasteiger partial charge in [0, 0.05) is 10.2 Å². The van der Waals surface area contributed by atoms with Crippen molar-refractivity contribution in [2.45, 2.75) is 6.92 Å². The summed E-state index contributed by atoms with van der Waals surface area (Å²) in [5.41, 5.74) is 1.48. The van der Waals surface area contributed by atoms with E-state index < -0.39 is 0 Å². The van der Waals surface area contributed by atoms with Crippen molar-refractivity contribution in [3.63, 3.8) is 0 Å². The minimum atomic E-state index is -0.388. The maximum absolute atomic E-state index is 12.3. The van der Waals surface area contributed by atoms with E-state index in [-0.39, 0.29) is 11.9 Å². The van der Waals surface area contributed by atoms with Crippen LogP contribution in [0.5, 0.6) is 5.75 Å².